The average Bonchev–Trinajstić information content (AvgIpc) is 3.01. The van der Waals surface area contributed by atoms with Gasteiger partial charge in [-0.05, 0) is 41.8 Å². The first-order valence-corrected chi connectivity index (χ1v) is 9.60. The normalized spacial score (nSPS) is 17.6. The highest BCUT2D eigenvalue weighted by Crippen LogP contribution is 2.17. The number of carbonyl (C=O) groups is 1. The Hall–Kier alpha value is -1.89. The first-order chi connectivity index (χ1) is 12.2. The largest absolute Gasteiger partial charge is 0.392 e. The van der Waals surface area contributed by atoms with Crippen molar-refractivity contribution in [2.24, 2.45) is 0 Å². The Morgan fingerprint density at radius 1 is 1.28 bits per heavy atom. The van der Waals surface area contributed by atoms with E-state index in [2.05, 4.69) is 21.3 Å². The molecule has 3 rings (SSSR count). The second-order valence-corrected chi connectivity index (χ2v) is 7.26. The van der Waals surface area contributed by atoms with Gasteiger partial charge in [0.05, 0.1) is 11.9 Å². The Balaban J connectivity index is 1.45. The van der Waals surface area contributed by atoms with E-state index in [4.69, 9.17) is 0 Å². The van der Waals surface area contributed by atoms with Gasteiger partial charge >= 0.3 is 0 Å². The first kappa shape index (κ1) is 17.9. The quantitative estimate of drug-likeness (QED) is 0.797. The van der Waals surface area contributed by atoms with Gasteiger partial charge in [0.2, 0.25) is 5.91 Å². The van der Waals surface area contributed by atoms with Crippen molar-refractivity contribution in [3.05, 3.63) is 59.9 Å². The molecule has 1 aliphatic heterocycles. The standard InChI is InChI=1S/C19H23N3O2S/c23-18-6-9-22(12-18)11-16-2-1-3-17(10-16)21-19(24)14-25-13-15-4-7-20-8-5-15/h1-5,7-8,10,18,23H,6,9,11-14H2,(H,21,24). The SMILES string of the molecule is O=C(CSCc1ccncc1)Nc1cccc(CN2CCC(O)C2)c1. The summed E-state index contributed by atoms with van der Waals surface area (Å²) in [5.74, 6) is 1.23. The Morgan fingerprint density at radius 2 is 2.12 bits per heavy atom. The lowest BCUT2D eigenvalue weighted by Gasteiger charge is -2.15. The number of nitrogens with one attached hydrogen (secondary N) is 1. The van der Waals surface area contributed by atoms with E-state index < -0.39 is 0 Å². The highest BCUT2D eigenvalue weighted by atomic mass is 32.2. The van der Waals surface area contributed by atoms with Gasteiger partial charge in [-0.15, -0.1) is 11.8 Å². The van der Waals surface area contributed by atoms with Crippen LogP contribution in [0.1, 0.15) is 17.5 Å². The van der Waals surface area contributed by atoms with Gasteiger partial charge in [0, 0.05) is 43.5 Å². The van der Waals surface area contributed by atoms with E-state index in [9.17, 15) is 9.90 Å². The molecule has 132 valence electrons. The molecule has 0 saturated carbocycles. The van der Waals surface area contributed by atoms with Crippen molar-refractivity contribution in [1.82, 2.24) is 9.88 Å². The molecule has 0 aliphatic carbocycles. The molecule has 0 bridgehead atoms. The van der Waals surface area contributed by atoms with E-state index in [1.165, 1.54) is 5.56 Å². The third-order valence-corrected chi connectivity index (χ3v) is 5.12. The Kier molecular flexibility index (Phi) is 6.44. The number of rotatable bonds is 7. The molecule has 1 unspecified atom stereocenters. The maximum Gasteiger partial charge on any atom is 0.234 e. The summed E-state index contributed by atoms with van der Waals surface area (Å²) < 4.78 is 0. The molecule has 1 amide bonds. The van der Waals surface area contributed by atoms with E-state index in [1.807, 2.05) is 30.3 Å². The molecule has 1 aliphatic rings. The Labute approximate surface area is 152 Å². The average molecular weight is 357 g/mol. The first-order valence-electron chi connectivity index (χ1n) is 8.45. The highest BCUT2D eigenvalue weighted by molar-refractivity contribution is 7.99. The van der Waals surface area contributed by atoms with Gasteiger partial charge in [0.25, 0.3) is 0 Å². The molecular formula is C19H23N3O2S. The summed E-state index contributed by atoms with van der Waals surface area (Å²) >= 11 is 1.59. The van der Waals surface area contributed by atoms with Crippen LogP contribution in [0.25, 0.3) is 0 Å². The molecule has 1 aromatic heterocycles. The number of likely N-dealkylation sites (tertiary alicyclic amines) is 1. The fourth-order valence-corrected chi connectivity index (χ4v) is 3.69. The zero-order valence-corrected chi connectivity index (χ0v) is 14.9. The summed E-state index contributed by atoms with van der Waals surface area (Å²) in [6.45, 7) is 2.45. The van der Waals surface area contributed by atoms with Crippen LogP contribution in [0, 0.1) is 0 Å². The molecule has 1 atom stereocenters. The van der Waals surface area contributed by atoms with Crippen molar-refractivity contribution < 1.29 is 9.90 Å². The van der Waals surface area contributed by atoms with E-state index in [-0.39, 0.29) is 12.0 Å². The zero-order chi connectivity index (χ0) is 17.5. The zero-order valence-electron chi connectivity index (χ0n) is 14.1. The van der Waals surface area contributed by atoms with Crippen LogP contribution in [-0.2, 0) is 17.1 Å². The second kappa shape index (κ2) is 8.99. The lowest BCUT2D eigenvalue weighted by Crippen LogP contribution is -2.21. The molecule has 5 nitrogen and oxygen atoms in total. The number of anilines is 1. The van der Waals surface area contributed by atoms with E-state index in [0.717, 1.165) is 43.1 Å². The monoisotopic (exact) mass is 357 g/mol. The van der Waals surface area contributed by atoms with E-state index in [1.54, 1.807) is 24.2 Å². The summed E-state index contributed by atoms with van der Waals surface area (Å²) in [5.41, 5.74) is 3.14. The van der Waals surface area contributed by atoms with Crippen LogP contribution in [0.5, 0.6) is 0 Å². The molecular weight excluding hydrogens is 334 g/mol. The number of hydrogen-bond acceptors (Lipinski definition) is 5. The summed E-state index contributed by atoms with van der Waals surface area (Å²) in [5, 5.41) is 12.6. The number of aliphatic hydroxyl groups is 1. The minimum absolute atomic E-state index is 0.00722. The smallest absolute Gasteiger partial charge is 0.234 e. The molecule has 2 aromatic rings. The fraction of sp³-hybridized carbons (Fsp3) is 0.368. The molecule has 0 radical (unpaired) electrons. The molecule has 2 heterocycles. The van der Waals surface area contributed by atoms with Crippen molar-refractivity contribution in [1.29, 1.82) is 0 Å². The molecule has 25 heavy (non-hydrogen) atoms. The van der Waals surface area contributed by atoms with Crippen molar-refractivity contribution in [3.8, 4) is 0 Å². The molecule has 0 spiro atoms. The summed E-state index contributed by atoms with van der Waals surface area (Å²) in [6, 6.07) is 11.9. The molecule has 1 fully saturated rings. The van der Waals surface area contributed by atoms with E-state index >= 15 is 0 Å². The van der Waals surface area contributed by atoms with Gasteiger partial charge in [0.1, 0.15) is 0 Å². The summed E-state index contributed by atoms with van der Waals surface area (Å²) in [6.07, 6.45) is 4.16. The molecule has 6 heteroatoms. The number of thioether (sulfide) groups is 1. The van der Waals surface area contributed by atoms with Crippen LogP contribution in [0.3, 0.4) is 0 Å². The van der Waals surface area contributed by atoms with Gasteiger partial charge in [-0.3, -0.25) is 14.7 Å². The maximum absolute atomic E-state index is 12.1. The predicted molar refractivity (Wildman–Crippen MR) is 101 cm³/mol. The summed E-state index contributed by atoms with van der Waals surface area (Å²) in [7, 11) is 0. The maximum atomic E-state index is 12.1. The predicted octanol–water partition coefficient (Wildman–Crippen LogP) is 2.52. The number of pyridine rings is 1. The lowest BCUT2D eigenvalue weighted by molar-refractivity contribution is -0.113. The third kappa shape index (κ3) is 5.85. The number of aliphatic hydroxyl groups excluding tert-OH is 1. The molecule has 1 saturated heterocycles. The molecule has 2 N–H and O–H groups in total. The number of aromatic nitrogens is 1. The van der Waals surface area contributed by atoms with Gasteiger partial charge in [-0.25, -0.2) is 0 Å². The van der Waals surface area contributed by atoms with Crippen LogP contribution >= 0.6 is 11.8 Å². The Morgan fingerprint density at radius 3 is 2.88 bits per heavy atom. The highest BCUT2D eigenvalue weighted by Gasteiger charge is 2.19. The van der Waals surface area contributed by atoms with Gasteiger partial charge in [-0.1, -0.05) is 12.1 Å². The van der Waals surface area contributed by atoms with Crippen LogP contribution < -0.4 is 5.32 Å². The third-order valence-electron chi connectivity index (χ3n) is 4.12. The Bertz CT molecular complexity index is 696. The van der Waals surface area contributed by atoms with Gasteiger partial charge in [-0.2, -0.15) is 0 Å². The topological polar surface area (TPSA) is 65.5 Å². The number of amides is 1. The minimum atomic E-state index is -0.208. The van der Waals surface area contributed by atoms with E-state index in [0.29, 0.717) is 5.75 Å². The fourth-order valence-electron chi connectivity index (χ4n) is 2.90. The van der Waals surface area contributed by atoms with Crippen LogP contribution in [0.15, 0.2) is 48.8 Å². The number of carbonyl (C=O) groups excluding carboxylic acids is 1. The van der Waals surface area contributed by atoms with Crippen LogP contribution in [0.4, 0.5) is 5.69 Å². The number of nitrogens with zero attached hydrogens (tertiary/aromatic N) is 2. The number of benzene rings is 1. The second-order valence-electron chi connectivity index (χ2n) is 6.27. The number of hydrogen-bond donors (Lipinski definition) is 2. The van der Waals surface area contributed by atoms with Crippen molar-refractivity contribution in [2.45, 2.75) is 24.8 Å². The molecule has 1 aromatic carbocycles. The lowest BCUT2D eigenvalue weighted by atomic mass is 10.2. The van der Waals surface area contributed by atoms with Gasteiger partial charge < -0.3 is 10.4 Å². The van der Waals surface area contributed by atoms with Crippen molar-refractivity contribution >= 4 is 23.4 Å². The minimum Gasteiger partial charge on any atom is -0.392 e. The summed E-state index contributed by atoms with van der Waals surface area (Å²) in [4.78, 5) is 18.3. The van der Waals surface area contributed by atoms with Crippen LogP contribution in [-0.4, -0.2) is 45.8 Å². The van der Waals surface area contributed by atoms with Gasteiger partial charge in [0.15, 0.2) is 0 Å². The van der Waals surface area contributed by atoms with Crippen LogP contribution in [0.2, 0.25) is 0 Å². The van der Waals surface area contributed by atoms with Crippen molar-refractivity contribution in [2.75, 3.05) is 24.2 Å². The number of β-amino-alcohol motifs (C(OH)–C–C–N with tert-alkyl or cyclic N) is 1. The van der Waals surface area contributed by atoms with Crippen molar-refractivity contribution in [3.63, 3.8) is 0 Å².